The molecule has 0 heterocycles. The predicted molar refractivity (Wildman–Crippen MR) is 49.3 cm³/mol. The maximum atomic E-state index is 11.1. The first-order valence-electron chi connectivity index (χ1n) is 4.28. The Hall–Kier alpha value is -0.610. The van der Waals surface area contributed by atoms with Crippen LogP contribution in [-0.4, -0.2) is 31.1 Å². The van der Waals surface area contributed by atoms with Crippen molar-refractivity contribution in [2.75, 3.05) is 14.1 Å². The van der Waals surface area contributed by atoms with Gasteiger partial charge in [-0.05, 0) is 6.42 Å². The molecule has 1 atom stereocenters. The monoisotopic (exact) mass is 173 g/mol. The summed E-state index contributed by atoms with van der Waals surface area (Å²) in [4.78, 5) is 11.1. The van der Waals surface area contributed by atoms with Crippen molar-refractivity contribution in [2.24, 2.45) is 5.73 Å². The maximum Gasteiger partial charge on any atom is 0.235 e. The van der Waals surface area contributed by atoms with Gasteiger partial charge in [0.1, 0.15) is 0 Å². The molecule has 0 spiro atoms. The van der Waals surface area contributed by atoms with Crippen molar-refractivity contribution < 1.29 is 4.79 Å². The highest BCUT2D eigenvalue weighted by molar-refractivity contribution is 5.75. The maximum absolute atomic E-state index is 11.1. The van der Waals surface area contributed by atoms with Crippen LogP contribution in [-0.2, 0) is 4.79 Å². The van der Waals surface area contributed by atoms with Crippen molar-refractivity contribution >= 4 is 5.91 Å². The predicted octanol–water partition coefficient (Wildman–Crippen LogP) is 0.0967. The third-order valence-electron chi connectivity index (χ3n) is 1.46. The van der Waals surface area contributed by atoms with E-state index in [4.69, 9.17) is 5.73 Å². The zero-order chi connectivity index (χ0) is 9.56. The second kappa shape index (κ2) is 5.97. The molecule has 0 rings (SSSR count). The van der Waals surface area contributed by atoms with Crippen LogP contribution < -0.4 is 11.2 Å². The van der Waals surface area contributed by atoms with Gasteiger partial charge in [0.25, 0.3) is 0 Å². The highest BCUT2D eigenvalue weighted by Gasteiger charge is 2.08. The van der Waals surface area contributed by atoms with Crippen LogP contribution in [0.3, 0.4) is 0 Å². The average molecular weight is 173 g/mol. The van der Waals surface area contributed by atoms with E-state index < -0.39 is 0 Å². The van der Waals surface area contributed by atoms with Crippen LogP contribution >= 0.6 is 0 Å². The Morgan fingerprint density at radius 2 is 2.17 bits per heavy atom. The normalized spacial score (nSPS) is 13.1. The van der Waals surface area contributed by atoms with Gasteiger partial charge in [-0.1, -0.05) is 13.3 Å². The van der Waals surface area contributed by atoms with Gasteiger partial charge in [-0.25, -0.2) is 5.01 Å². The third-order valence-corrected chi connectivity index (χ3v) is 1.46. The molecule has 0 aliphatic rings. The molecule has 0 saturated carbocycles. The van der Waals surface area contributed by atoms with Gasteiger partial charge in [-0.2, -0.15) is 0 Å². The minimum Gasteiger partial charge on any atom is -0.327 e. The number of amides is 1. The SMILES string of the molecule is CCCC(N)CC(=O)NN(C)C. The van der Waals surface area contributed by atoms with E-state index in [2.05, 4.69) is 12.3 Å². The summed E-state index contributed by atoms with van der Waals surface area (Å²) in [6.45, 7) is 2.06. The molecule has 0 bridgehead atoms. The molecule has 1 amide bonds. The highest BCUT2D eigenvalue weighted by Crippen LogP contribution is 1.97. The molecule has 0 saturated heterocycles. The van der Waals surface area contributed by atoms with Crippen LogP contribution in [0.5, 0.6) is 0 Å². The fraction of sp³-hybridized carbons (Fsp3) is 0.875. The van der Waals surface area contributed by atoms with Gasteiger partial charge in [0.2, 0.25) is 5.91 Å². The molecule has 3 N–H and O–H groups in total. The molecular formula is C8H19N3O. The zero-order valence-electron chi connectivity index (χ0n) is 8.13. The number of nitrogens with one attached hydrogen (secondary N) is 1. The van der Waals surface area contributed by atoms with Crippen LogP contribution in [0.2, 0.25) is 0 Å². The summed E-state index contributed by atoms with van der Waals surface area (Å²) in [6, 6.07) is -0.00468. The van der Waals surface area contributed by atoms with E-state index in [0.717, 1.165) is 12.8 Å². The summed E-state index contributed by atoms with van der Waals surface area (Å²) in [6.07, 6.45) is 2.34. The lowest BCUT2D eigenvalue weighted by Gasteiger charge is -2.14. The topological polar surface area (TPSA) is 58.4 Å². The molecule has 0 aliphatic heterocycles. The summed E-state index contributed by atoms with van der Waals surface area (Å²) >= 11 is 0. The molecule has 4 heteroatoms. The minimum absolute atomic E-state index is 0.00468. The summed E-state index contributed by atoms with van der Waals surface area (Å²) in [5.74, 6) is -0.0130. The first-order valence-corrected chi connectivity index (χ1v) is 4.28. The van der Waals surface area contributed by atoms with Gasteiger partial charge < -0.3 is 5.73 Å². The van der Waals surface area contributed by atoms with Crippen molar-refractivity contribution in [1.82, 2.24) is 10.4 Å². The number of hydrazine groups is 1. The fourth-order valence-corrected chi connectivity index (χ4v) is 1.01. The van der Waals surface area contributed by atoms with Crippen LogP contribution in [0.4, 0.5) is 0 Å². The van der Waals surface area contributed by atoms with Gasteiger partial charge in [-0.15, -0.1) is 0 Å². The molecule has 1 unspecified atom stereocenters. The Labute approximate surface area is 74.1 Å². The molecule has 4 nitrogen and oxygen atoms in total. The van der Waals surface area contributed by atoms with Gasteiger partial charge in [0, 0.05) is 26.6 Å². The average Bonchev–Trinajstić information content (AvgIpc) is 1.84. The van der Waals surface area contributed by atoms with Gasteiger partial charge in [-0.3, -0.25) is 10.2 Å². The van der Waals surface area contributed by atoms with Crippen LogP contribution in [0.25, 0.3) is 0 Å². The molecule has 72 valence electrons. The quantitative estimate of drug-likeness (QED) is 0.580. The van der Waals surface area contributed by atoms with E-state index in [-0.39, 0.29) is 11.9 Å². The zero-order valence-corrected chi connectivity index (χ0v) is 8.13. The summed E-state index contributed by atoms with van der Waals surface area (Å²) < 4.78 is 0. The molecule has 0 aromatic carbocycles. The van der Waals surface area contributed by atoms with Crippen molar-refractivity contribution in [3.8, 4) is 0 Å². The number of carbonyl (C=O) groups excluding carboxylic acids is 1. The first-order chi connectivity index (χ1) is 5.56. The fourth-order valence-electron chi connectivity index (χ4n) is 1.01. The van der Waals surface area contributed by atoms with Crippen LogP contribution in [0, 0.1) is 0 Å². The Bertz CT molecular complexity index is 136. The Balaban J connectivity index is 3.54. The van der Waals surface area contributed by atoms with Crippen LogP contribution in [0.15, 0.2) is 0 Å². The molecule has 12 heavy (non-hydrogen) atoms. The van der Waals surface area contributed by atoms with E-state index in [1.54, 1.807) is 19.1 Å². The standard InChI is InChI=1S/C8H19N3O/c1-4-5-7(9)6-8(12)10-11(2)3/h7H,4-6,9H2,1-3H3,(H,10,12). The third kappa shape index (κ3) is 6.12. The number of nitrogens with zero attached hydrogens (tertiary/aromatic N) is 1. The van der Waals surface area contributed by atoms with E-state index in [0.29, 0.717) is 6.42 Å². The number of rotatable bonds is 5. The van der Waals surface area contributed by atoms with E-state index >= 15 is 0 Å². The second-order valence-corrected chi connectivity index (χ2v) is 3.18. The lowest BCUT2D eigenvalue weighted by molar-refractivity contribution is -0.125. The lowest BCUT2D eigenvalue weighted by Crippen LogP contribution is -2.39. The van der Waals surface area contributed by atoms with Gasteiger partial charge in [0.15, 0.2) is 0 Å². The lowest BCUT2D eigenvalue weighted by atomic mass is 10.1. The Morgan fingerprint density at radius 3 is 2.58 bits per heavy atom. The summed E-state index contributed by atoms with van der Waals surface area (Å²) in [5, 5.41) is 1.63. The number of nitrogens with two attached hydrogens (primary N) is 1. The van der Waals surface area contributed by atoms with Crippen molar-refractivity contribution in [1.29, 1.82) is 0 Å². The number of carbonyl (C=O) groups is 1. The number of hydrogen-bond acceptors (Lipinski definition) is 3. The molecular weight excluding hydrogens is 154 g/mol. The van der Waals surface area contributed by atoms with E-state index in [9.17, 15) is 4.79 Å². The van der Waals surface area contributed by atoms with E-state index in [1.807, 2.05) is 0 Å². The highest BCUT2D eigenvalue weighted by atomic mass is 16.2. The molecule has 0 aliphatic carbocycles. The molecule has 0 fully saturated rings. The van der Waals surface area contributed by atoms with Crippen molar-refractivity contribution in [2.45, 2.75) is 32.2 Å². The Kier molecular flexibility index (Phi) is 5.66. The Morgan fingerprint density at radius 1 is 1.58 bits per heavy atom. The second-order valence-electron chi connectivity index (χ2n) is 3.18. The molecule has 0 radical (unpaired) electrons. The first kappa shape index (κ1) is 11.4. The van der Waals surface area contributed by atoms with Crippen molar-refractivity contribution in [3.05, 3.63) is 0 Å². The van der Waals surface area contributed by atoms with Crippen molar-refractivity contribution in [3.63, 3.8) is 0 Å². The summed E-state index contributed by atoms with van der Waals surface area (Å²) in [5.41, 5.74) is 8.33. The molecule has 0 aromatic heterocycles. The number of hydrogen-bond donors (Lipinski definition) is 2. The summed E-state index contributed by atoms with van der Waals surface area (Å²) in [7, 11) is 3.56. The minimum atomic E-state index is -0.0130. The largest absolute Gasteiger partial charge is 0.327 e. The van der Waals surface area contributed by atoms with Gasteiger partial charge in [0.05, 0.1) is 0 Å². The van der Waals surface area contributed by atoms with Gasteiger partial charge >= 0.3 is 0 Å². The smallest absolute Gasteiger partial charge is 0.235 e. The van der Waals surface area contributed by atoms with Crippen LogP contribution in [0.1, 0.15) is 26.2 Å². The van der Waals surface area contributed by atoms with E-state index in [1.165, 1.54) is 0 Å². The molecule has 0 aromatic rings.